The minimum absolute atomic E-state index is 0.607. The van der Waals surface area contributed by atoms with Crippen LogP contribution < -0.4 is 5.32 Å². The van der Waals surface area contributed by atoms with Crippen LogP contribution in [0.2, 0.25) is 0 Å². The quantitative estimate of drug-likeness (QED) is 0.890. The summed E-state index contributed by atoms with van der Waals surface area (Å²) < 4.78 is 0. The summed E-state index contributed by atoms with van der Waals surface area (Å²) in [5, 5.41) is 3.70. The summed E-state index contributed by atoms with van der Waals surface area (Å²) in [5.41, 5.74) is 1.63. The van der Waals surface area contributed by atoms with Crippen molar-refractivity contribution < 1.29 is 0 Å². The highest BCUT2D eigenvalue weighted by atomic mass is 32.1. The van der Waals surface area contributed by atoms with Crippen molar-refractivity contribution in [3.8, 4) is 0 Å². The lowest BCUT2D eigenvalue weighted by Gasteiger charge is -2.29. The van der Waals surface area contributed by atoms with Gasteiger partial charge in [-0.1, -0.05) is 6.42 Å². The molecule has 1 atom stereocenters. The third kappa shape index (κ3) is 3.59. The van der Waals surface area contributed by atoms with Crippen molar-refractivity contribution >= 4 is 11.3 Å². The maximum absolute atomic E-state index is 3.70. The van der Waals surface area contributed by atoms with Crippen LogP contribution in [-0.2, 0) is 19.4 Å². The van der Waals surface area contributed by atoms with Gasteiger partial charge in [-0.3, -0.25) is 0 Å². The average Bonchev–Trinajstić information content (AvgIpc) is 2.98. The van der Waals surface area contributed by atoms with E-state index >= 15 is 0 Å². The van der Waals surface area contributed by atoms with Gasteiger partial charge < -0.3 is 10.2 Å². The Balaban J connectivity index is 1.43. The molecule has 1 N–H and O–H groups in total. The molecule has 1 aromatic heterocycles. The first-order valence-electron chi connectivity index (χ1n) is 7.87. The van der Waals surface area contributed by atoms with Gasteiger partial charge in [0.15, 0.2) is 0 Å². The van der Waals surface area contributed by atoms with Crippen molar-refractivity contribution in [3.05, 3.63) is 21.4 Å². The van der Waals surface area contributed by atoms with Crippen molar-refractivity contribution in [1.82, 2.24) is 10.2 Å². The molecule has 3 heteroatoms. The Labute approximate surface area is 121 Å². The van der Waals surface area contributed by atoms with Crippen LogP contribution in [0.1, 0.15) is 47.9 Å². The Morgan fingerprint density at radius 2 is 2.05 bits per heavy atom. The average molecular weight is 278 g/mol. The molecule has 19 heavy (non-hydrogen) atoms. The molecule has 2 nitrogen and oxygen atoms in total. The highest BCUT2D eigenvalue weighted by Crippen LogP contribution is 2.30. The number of rotatable bonds is 5. The summed E-state index contributed by atoms with van der Waals surface area (Å²) in [7, 11) is 0. The molecule has 0 radical (unpaired) electrons. The van der Waals surface area contributed by atoms with Gasteiger partial charge in [0.05, 0.1) is 0 Å². The molecule has 106 valence electrons. The maximum atomic E-state index is 3.70. The molecule has 1 fully saturated rings. The third-order valence-corrected chi connectivity index (χ3v) is 5.64. The first kappa shape index (κ1) is 13.6. The van der Waals surface area contributed by atoms with Crippen LogP contribution in [0.15, 0.2) is 6.07 Å². The molecule has 1 aromatic rings. The van der Waals surface area contributed by atoms with Crippen LogP contribution in [0, 0.1) is 0 Å². The van der Waals surface area contributed by atoms with Crippen molar-refractivity contribution in [1.29, 1.82) is 0 Å². The van der Waals surface area contributed by atoms with E-state index in [-0.39, 0.29) is 0 Å². The number of piperidine rings is 1. The Kier molecular flexibility index (Phi) is 4.57. The molecule has 3 rings (SSSR count). The van der Waals surface area contributed by atoms with E-state index in [0.717, 1.165) is 6.54 Å². The summed E-state index contributed by atoms with van der Waals surface area (Å²) in [6.07, 6.45) is 8.23. The van der Waals surface area contributed by atoms with E-state index in [0.29, 0.717) is 6.04 Å². The Morgan fingerprint density at radius 3 is 2.84 bits per heavy atom. The molecular weight excluding hydrogens is 252 g/mol. The molecule has 2 heterocycles. The van der Waals surface area contributed by atoms with E-state index < -0.39 is 0 Å². The molecule has 1 aliphatic heterocycles. The standard InChI is InChI=1S/C16H26N2S/c1-13(12-18-8-3-2-4-9-18)17-11-15-10-14-6-5-7-16(14)19-15/h10,13,17H,2-9,11-12H2,1H3. The van der Waals surface area contributed by atoms with Crippen molar-refractivity contribution in [2.45, 2.75) is 58.0 Å². The first-order chi connectivity index (χ1) is 9.31. The topological polar surface area (TPSA) is 15.3 Å². The second kappa shape index (κ2) is 6.38. The minimum atomic E-state index is 0.607. The number of aryl methyl sites for hydroxylation is 2. The highest BCUT2D eigenvalue weighted by molar-refractivity contribution is 7.12. The second-order valence-corrected chi connectivity index (χ2v) is 7.38. The zero-order chi connectivity index (χ0) is 13.1. The number of hydrogen-bond donors (Lipinski definition) is 1. The molecular formula is C16H26N2S. The summed E-state index contributed by atoms with van der Waals surface area (Å²) in [6.45, 7) is 7.21. The van der Waals surface area contributed by atoms with Gasteiger partial charge in [-0.15, -0.1) is 11.3 Å². The molecule has 1 aliphatic carbocycles. The number of hydrogen-bond acceptors (Lipinski definition) is 3. The summed E-state index contributed by atoms with van der Waals surface area (Å²) >= 11 is 2.03. The molecule has 2 aliphatic rings. The second-order valence-electron chi connectivity index (χ2n) is 6.16. The predicted molar refractivity (Wildman–Crippen MR) is 82.9 cm³/mol. The molecule has 1 saturated heterocycles. The molecule has 0 aromatic carbocycles. The normalized spacial score (nSPS) is 21.5. The van der Waals surface area contributed by atoms with Crippen molar-refractivity contribution in [2.75, 3.05) is 19.6 Å². The SMILES string of the molecule is CC(CN1CCCCC1)NCc1cc2c(s1)CCC2. The highest BCUT2D eigenvalue weighted by Gasteiger charge is 2.16. The largest absolute Gasteiger partial charge is 0.308 e. The van der Waals surface area contributed by atoms with Gasteiger partial charge in [0.2, 0.25) is 0 Å². The van der Waals surface area contributed by atoms with Crippen molar-refractivity contribution in [2.24, 2.45) is 0 Å². The number of nitrogens with one attached hydrogen (secondary N) is 1. The van der Waals surface area contributed by atoms with Crippen LogP contribution in [0.25, 0.3) is 0 Å². The number of likely N-dealkylation sites (tertiary alicyclic amines) is 1. The zero-order valence-electron chi connectivity index (χ0n) is 12.1. The fourth-order valence-electron chi connectivity index (χ4n) is 3.35. The summed E-state index contributed by atoms with van der Waals surface area (Å²) in [4.78, 5) is 5.81. The van der Waals surface area contributed by atoms with Gasteiger partial charge in [-0.2, -0.15) is 0 Å². The Morgan fingerprint density at radius 1 is 1.21 bits per heavy atom. The summed E-state index contributed by atoms with van der Waals surface area (Å²) in [6, 6.07) is 3.04. The van der Waals surface area contributed by atoms with E-state index in [1.165, 1.54) is 63.0 Å². The van der Waals surface area contributed by atoms with Crippen LogP contribution in [0.3, 0.4) is 0 Å². The van der Waals surface area contributed by atoms with Gasteiger partial charge in [0.1, 0.15) is 0 Å². The van der Waals surface area contributed by atoms with Gasteiger partial charge in [-0.05, 0) is 63.7 Å². The number of nitrogens with zero attached hydrogens (tertiary/aromatic N) is 1. The maximum Gasteiger partial charge on any atom is 0.0302 e. The smallest absolute Gasteiger partial charge is 0.0302 e. The van der Waals surface area contributed by atoms with Crippen LogP contribution >= 0.6 is 11.3 Å². The van der Waals surface area contributed by atoms with Gasteiger partial charge in [0.25, 0.3) is 0 Å². The molecule has 1 unspecified atom stereocenters. The van der Waals surface area contributed by atoms with Gasteiger partial charge >= 0.3 is 0 Å². The minimum Gasteiger partial charge on any atom is -0.308 e. The lowest BCUT2D eigenvalue weighted by Crippen LogP contribution is -2.41. The van der Waals surface area contributed by atoms with Crippen LogP contribution in [0.4, 0.5) is 0 Å². The molecule has 0 saturated carbocycles. The Hall–Kier alpha value is -0.380. The Bertz CT molecular complexity index is 385. The van der Waals surface area contributed by atoms with Crippen molar-refractivity contribution in [3.63, 3.8) is 0 Å². The van der Waals surface area contributed by atoms with Crippen LogP contribution in [0.5, 0.6) is 0 Å². The predicted octanol–water partition coefficient (Wildman–Crippen LogP) is 3.20. The van der Waals surface area contributed by atoms with Crippen LogP contribution in [-0.4, -0.2) is 30.6 Å². The fraction of sp³-hybridized carbons (Fsp3) is 0.750. The molecule has 0 bridgehead atoms. The first-order valence-corrected chi connectivity index (χ1v) is 8.69. The van der Waals surface area contributed by atoms with E-state index in [2.05, 4.69) is 23.2 Å². The fourth-order valence-corrected chi connectivity index (χ4v) is 4.56. The zero-order valence-corrected chi connectivity index (χ0v) is 12.9. The van der Waals surface area contributed by atoms with Gasteiger partial charge in [-0.25, -0.2) is 0 Å². The molecule has 0 spiro atoms. The lowest BCUT2D eigenvalue weighted by atomic mass is 10.1. The van der Waals surface area contributed by atoms with E-state index in [1.807, 2.05) is 11.3 Å². The monoisotopic (exact) mass is 278 g/mol. The number of fused-ring (bicyclic) bond motifs is 1. The summed E-state index contributed by atoms with van der Waals surface area (Å²) in [5.74, 6) is 0. The van der Waals surface area contributed by atoms with E-state index in [1.54, 1.807) is 10.4 Å². The molecule has 0 amide bonds. The number of thiophene rings is 1. The lowest BCUT2D eigenvalue weighted by molar-refractivity contribution is 0.209. The van der Waals surface area contributed by atoms with Gasteiger partial charge in [0, 0.05) is 28.9 Å². The third-order valence-electron chi connectivity index (χ3n) is 4.40. The van der Waals surface area contributed by atoms with E-state index in [4.69, 9.17) is 0 Å². The van der Waals surface area contributed by atoms with E-state index in [9.17, 15) is 0 Å².